The van der Waals surface area contributed by atoms with Crippen molar-refractivity contribution >= 4 is 15.9 Å². The molecule has 1 amide bonds. The molecule has 140 valence electrons. The number of amides is 1. The summed E-state index contributed by atoms with van der Waals surface area (Å²) in [7, 11) is -4.06. The molecule has 0 saturated carbocycles. The number of carbonyl (C=O) groups excluding carboxylic acids is 1. The molecule has 0 aromatic heterocycles. The van der Waals surface area contributed by atoms with Gasteiger partial charge in [0.2, 0.25) is 15.9 Å². The Hall–Kier alpha value is -2.39. The van der Waals surface area contributed by atoms with Gasteiger partial charge in [-0.2, -0.15) is 0 Å². The molecule has 0 aliphatic carbocycles. The van der Waals surface area contributed by atoms with E-state index in [0.717, 1.165) is 6.07 Å². The van der Waals surface area contributed by atoms with E-state index in [9.17, 15) is 26.4 Å². The molecule has 1 unspecified atom stereocenters. The smallest absolute Gasteiger partial charge is 0.240 e. The largest absolute Gasteiger partial charge is 0.350 e. The number of carbonyl (C=O) groups is 1. The minimum Gasteiger partial charge on any atom is -0.350 e. The van der Waals surface area contributed by atoms with E-state index in [1.54, 1.807) is 6.92 Å². The fraction of sp³-hybridized carbons (Fsp3) is 0.235. The van der Waals surface area contributed by atoms with Gasteiger partial charge >= 0.3 is 0 Å². The average molecular weight is 386 g/mol. The van der Waals surface area contributed by atoms with E-state index in [4.69, 9.17) is 0 Å². The van der Waals surface area contributed by atoms with Crippen molar-refractivity contribution in [3.63, 3.8) is 0 Å². The van der Waals surface area contributed by atoms with E-state index >= 15 is 0 Å². The van der Waals surface area contributed by atoms with Gasteiger partial charge in [-0.1, -0.05) is 12.1 Å². The van der Waals surface area contributed by atoms with Crippen LogP contribution in [0.4, 0.5) is 13.2 Å². The highest BCUT2D eigenvalue weighted by molar-refractivity contribution is 7.89. The predicted molar refractivity (Wildman–Crippen MR) is 89.1 cm³/mol. The minimum atomic E-state index is -4.06. The Morgan fingerprint density at radius 1 is 1.04 bits per heavy atom. The molecule has 2 N–H and O–H groups in total. The summed E-state index contributed by atoms with van der Waals surface area (Å²) >= 11 is 0. The SMILES string of the molecule is CC(NC(=O)CCNS(=O)(=O)c1ccc(F)c(F)c1)c1ccc(F)cc1. The quantitative estimate of drug-likeness (QED) is 0.768. The lowest BCUT2D eigenvalue weighted by Gasteiger charge is -2.14. The highest BCUT2D eigenvalue weighted by Gasteiger charge is 2.17. The first-order valence-electron chi connectivity index (χ1n) is 7.68. The normalized spacial score (nSPS) is 12.6. The molecule has 1 atom stereocenters. The zero-order valence-electron chi connectivity index (χ0n) is 13.8. The van der Waals surface area contributed by atoms with E-state index in [-0.39, 0.29) is 24.8 Å². The minimum absolute atomic E-state index is 0.158. The molecule has 0 fully saturated rings. The van der Waals surface area contributed by atoms with Gasteiger partial charge in [-0.15, -0.1) is 0 Å². The number of rotatable bonds is 7. The molecule has 5 nitrogen and oxygen atoms in total. The van der Waals surface area contributed by atoms with Crippen molar-refractivity contribution in [2.45, 2.75) is 24.3 Å². The monoisotopic (exact) mass is 386 g/mol. The van der Waals surface area contributed by atoms with E-state index in [2.05, 4.69) is 10.0 Å². The molecular formula is C17H17F3N2O3S. The maximum Gasteiger partial charge on any atom is 0.240 e. The summed E-state index contributed by atoms with van der Waals surface area (Å²) in [6.45, 7) is 1.49. The summed E-state index contributed by atoms with van der Waals surface area (Å²) in [5.74, 6) is -3.24. The van der Waals surface area contributed by atoms with Crippen molar-refractivity contribution in [2.75, 3.05) is 6.54 Å². The van der Waals surface area contributed by atoms with Crippen molar-refractivity contribution in [3.05, 3.63) is 65.5 Å². The van der Waals surface area contributed by atoms with Crippen LogP contribution in [0.15, 0.2) is 47.4 Å². The topological polar surface area (TPSA) is 75.3 Å². The highest BCUT2D eigenvalue weighted by atomic mass is 32.2. The van der Waals surface area contributed by atoms with Crippen LogP contribution in [0.5, 0.6) is 0 Å². The van der Waals surface area contributed by atoms with Gasteiger partial charge in [0.15, 0.2) is 11.6 Å². The molecule has 0 aliphatic rings. The lowest BCUT2D eigenvalue weighted by atomic mass is 10.1. The van der Waals surface area contributed by atoms with Crippen molar-refractivity contribution in [2.24, 2.45) is 0 Å². The molecule has 0 radical (unpaired) electrons. The van der Waals surface area contributed by atoms with Gasteiger partial charge < -0.3 is 5.32 Å². The average Bonchev–Trinajstić information content (AvgIpc) is 2.57. The Balaban J connectivity index is 1.87. The van der Waals surface area contributed by atoms with Gasteiger partial charge in [-0.25, -0.2) is 26.3 Å². The number of hydrogen-bond acceptors (Lipinski definition) is 3. The van der Waals surface area contributed by atoms with Crippen molar-refractivity contribution < 1.29 is 26.4 Å². The lowest BCUT2D eigenvalue weighted by Crippen LogP contribution is -2.32. The maximum atomic E-state index is 13.1. The van der Waals surface area contributed by atoms with Crippen molar-refractivity contribution in [1.82, 2.24) is 10.0 Å². The summed E-state index contributed by atoms with van der Waals surface area (Å²) in [6, 6.07) is 7.43. The van der Waals surface area contributed by atoms with Gasteiger partial charge in [0.25, 0.3) is 0 Å². The number of nitrogens with one attached hydrogen (secondary N) is 2. The van der Waals surface area contributed by atoms with E-state index in [0.29, 0.717) is 17.7 Å². The number of sulfonamides is 1. The molecule has 0 bridgehead atoms. The van der Waals surface area contributed by atoms with Crippen LogP contribution >= 0.6 is 0 Å². The second-order valence-corrected chi connectivity index (χ2v) is 7.33. The summed E-state index contributed by atoms with van der Waals surface area (Å²) < 4.78 is 65.0. The standard InChI is InChI=1S/C17H17F3N2O3S/c1-11(12-2-4-13(18)5-3-12)22-17(23)8-9-21-26(24,25)14-6-7-15(19)16(20)10-14/h2-7,10-11,21H,8-9H2,1H3,(H,22,23). The first kappa shape index (κ1) is 19.9. The van der Waals surface area contributed by atoms with Gasteiger partial charge in [-0.3, -0.25) is 4.79 Å². The molecule has 0 saturated heterocycles. The molecule has 2 rings (SSSR count). The lowest BCUT2D eigenvalue weighted by molar-refractivity contribution is -0.121. The van der Waals surface area contributed by atoms with Crippen molar-refractivity contribution in [1.29, 1.82) is 0 Å². The Kier molecular flexibility index (Phi) is 6.38. The Morgan fingerprint density at radius 3 is 2.31 bits per heavy atom. The zero-order valence-corrected chi connectivity index (χ0v) is 14.6. The van der Waals surface area contributed by atoms with Gasteiger partial charge in [0.1, 0.15) is 5.82 Å². The van der Waals surface area contributed by atoms with Crippen LogP contribution < -0.4 is 10.0 Å². The second kappa shape index (κ2) is 8.33. The van der Waals surface area contributed by atoms with Crippen molar-refractivity contribution in [3.8, 4) is 0 Å². The second-order valence-electron chi connectivity index (χ2n) is 5.56. The first-order chi connectivity index (χ1) is 12.2. The predicted octanol–water partition coefficient (Wildman–Crippen LogP) is 2.65. The molecule has 2 aromatic carbocycles. The van der Waals surface area contributed by atoms with Crippen LogP contribution in [0, 0.1) is 17.5 Å². The van der Waals surface area contributed by atoms with Crippen LogP contribution in [0.1, 0.15) is 24.9 Å². The van der Waals surface area contributed by atoms with Crippen LogP contribution in [0.2, 0.25) is 0 Å². The van der Waals surface area contributed by atoms with Gasteiger partial charge in [0.05, 0.1) is 10.9 Å². The Labute approximate surface area is 149 Å². The highest BCUT2D eigenvalue weighted by Crippen LogP contribution is 2.14. The van der Waals surface area contributed by atoms with Crippen LogP contribution in [-0.2, 0) is 14.8 Å². The molecule has 0 spiro atoms. The summed E-state index contributed by atoms with van der Waals surface area (Å²) in [6.07, 6.45) is -0.158. The van der Waals surface area contributed by atoms with E-state index in [1.165, 1.54) is 24.3 Å². The third-order valence-corrected chi connectivity index (χ3v) is 5.05. The Bertz CT molecular complexity index is 887. The van der Waals surface area contributed by atoms with Crippen LogP contribution in [0.25, 0.3) is 0 Å². The van der Waals surface area contributed by atoms with Gasteiger partial charge in [0, 0.05) is 13.0 Å². The molecule has 26 heavy (non-hydrogen) atoms. The number of benzene rings is 2. The van der Waals surface area contributed by atoms with E-state index in [1.807, 2.05) is 0 Å². The summed E-state index contributed by atoms with van der Waals surface area (Å²) in [5, 5.41) is 2.65. The molecule has 2 aromatic rings. The zero-order chi connectivity index (χ0) is 19.3. The fourth-order valence-electron chi connectivity index (χ4n) is 2.17. The molecule has 0 aliphatic heterocycles. The van der Waals surface area contributed by atoms with Crippen LogP contribution in [-0.4, -0.2) is 20.9 Å². The van der Waals surface area contributed by atoms with Gasteiger partial charge in [-0.05, 0) is 42.8 Å². The third-order valence-electron chi connectivity index (χ3n) is 3.59. The number of hydrogen-bond donors (Lipinski definition) is 2. The number of halogens is 3. The Morgan fingerprint density at radius 2 is 1.69 bits per heavy atom. The molecular weight excluding hydrogens is 369 g/mol. The summed E-state index contributed by atoms with van der Waals surface area (Å²) in [5.41, 5.74) is 0.696. The third kappa shape index (κ3) is 5.30. The maximum absolute atomic E-state index is 13.1. The van der Waals surface area contributed by atoms with E-state index < -0.39 is 32.5 Å². The first-order valence-corrected chi connectivity index (χ1v) is 9.17. The molecule has 0 heterocycles. The van der Waals surface area contributed by atoms with Crippen LogP contribution in [0.3, 0.4) is 0 Å². The summed E-state index contributed by atoms with van der Waals surface area (Å²) in [4.78, 5) is 11.5. The fourth-order valence-corrected chi connectivity index (χ4v) is 3.22. The molecule has 9 heteroatoms.